The van der Waals surface area contributed by atoms with Gasteiger partial charge in [0.05, 0.1) is 22.8 Å². The quantitative estimate of drug-likeness (QED) is 0.662. The van der Waals surface area contributed by atoms with Crippen molar-refractivity contribution in [3.05, 3.63) is 71.6 Å². The zero-order chi connectivity index (χ0) is 13.4. The Morgan fingerprint density at radius 1 is 1.05 bits per heavy atom. The number of hydrogen-bond donors (Lipinski definition) is 0. The highest BCUT2D eigenvalue weighted by molar-refractivity contribution is 6.13. The van der Waals surface area contributed by atoms with E-state index in [2.05, 4.69) is 5.10 Å². The molecule has 94 valence electrons. The summed E-state index contributed by atoms with van der Waals surface area (Å²) in [6.45, 7) is 0. The summed E-state index contributed by atoms with van der Waals surface area (Å²) >= 11 is 0. The summed E-state index contributed by atoms with van der Waals surface area (Å²) in [6.07, 6.45) is 3.02. The van der Waals surface area contributed by atoms with Crippen LogP contribution in [0.5, 0.6) is 0 Å². The van der Waals surface area contributed by atoms with Crippen LogP contribution >= 0.6 is 0 Å². The number of halogens is 2. The average molecular weight is 258 g/mol. The number of carbonyl (C=O) groups excluding carboxylic acids is 1. The van der Waals surface area contributed by atoms with E-state index in [0.29, 0.717) is 5.52 Å². The van der Waals surface area contributed by atoms with Crippen LogP contribution < -0.4 is 0 Å². The van der Waals surface area contributed by atoms with E-state index in [1.54, 1.807) is 24.4 Å². The van der Waals surface area contributed by atoms with E-state index in [-0.39, 0.29) is 11.1 Å². The summed E-state index contributed by atoms with van der Waals surface area (Å²) in [5.74, 6) is -2.76. The minimum atomic E-state index is -1.14. The second-order valence-corrected chi connectivity index (χ2v) is 4.02. The van der Waals surface area contributed by atoms with Gasteiger partial charge in [-0.25, -0.2) is 13.3 Å². The van der Waals surface area contributed by atoms with Crippen molar-refractivity contribution in [1.29, 1.82) is 0 Å². The Hall–Kier alpha value is -2.56. The van der Waals surface area contributed by atoms with Crippen LogP contribution in [0.2, 0.25) is 0 Å². The molecule has 0 atom stereocenters. The monoisotopic (exact) mass is 258 g/mol. The first-order valence-corrected chi connectivity index (χ1v) is 5.59. The third-order valence-electron chi connectivity index (χ3n) is 2.87. The van der Waals surface area contributed by atoms with Crippen LogP contribution in [0, 0.1) is 11.6 Å². The van der Waals surface area contributed by atoms with Crippen molar-refractivity contribution < 1.29 is 13.6 Å². The number of aromatic nitrogens is 2. The van der Waals surface area contributed by atoms with E-state index in [1.807, 2.05) is 0 Å². The lowest BCUT2D eigenvalue weighted by atomic mass is 10.0. The number of ketones is 1. The summed E-state index contributed by atoms with van der Waals surface area (Å²) in [5.41, 5.74) is 0.500. The summed E-state index contributed by atoms with van der Waals surface area (Å²) in [6, 6.07) is 8.73. The summed E-state index contributed by atoms with van der Waals surface area (Å²) < 4.78 is 28.3. The van der Waals surface area contributed by atoms with Gasteiger partial charge in [-0.15, -0.1) is 0 Å². The highest BCUT2D eigenvalue weighted by atomic mass is 19.2. The SMILES string of the molecule is O=C(c1cccc(F)c1F)c1cnn2ccccc12. The lowest BCUT2D eigenvalue weighted by Crippen LogP contribution is -2.05. The second kappa shape index (κ2) is 4.28. The second-order valence-electron chi connectivity index (χ2n) is 4.02. The van der Waals surface area contributed by atoms with Crippen LogP contribution in [0.3, 0.4) is 0 Å². The van der Waals surface area contributed by atoms with E-state index in [0.717, 1.165) is 6.07 Å². The Morgan fingerprint density at radius 3 is 2.74 bits per heavy atom. The molecule has 0 fully saturated rings. The fraction of sp³-hybridized carbons (Fsp3) is 0. The molecule has 0 radical (unpaired) electrons. The molecule has 0 unspecified atom stereocenters. The Balaban J connectivity index is 2.17. The Labute approximate surface area is 107 Å². The normalized spacial score (nSPS) is 10.8. The first-order valence-electron chi connectivity index (χ1n) is 5.59. The Kier molecular flexibility index (Phi) is 2.59. The molecule has 0 amide bonds. The minimum absolute atomic E-state index is 0.241. The zero-order valence-corrected chi connectivity index (χ0v) is 9.68. The summed E-state index contributed by atoms with van der Waals surface area (Å²) in [5, 5.41) is 4.00. The lowest BCUT2D eigenvalue weighted by molar-refractivity contribution is 0.103. The Bertz CT molecular complexity index is 780. The highest BCUT2D eigenvalue weighted by Crippen LogP contribution is 2.19. The molecule has 3 aromatic rings. The summed E-state index contributed by atoms with van der Waals surface area (Å²) in [7, 11) is 0. The van der Waals surface area contributed by atoms with E-state index in [1.165, 1.54) is 22.8 Å². The molecule has 0 N–H and O–H groups in total. The number of hydrogen-bond acceptors (Lipinski definition) is 2. The van der Waals surface area contributed by atoms with Gasteiger partial charge in [0.1, 0.15) is 0 Å². The molecular formula is C14H8F2N2O. The van der Waals surface area contributed by atoms with Gasteiger partial charge in [0, 0.05) is 6.20 Å². The molecule has 3 nitrogen and oxygen atoms in total. The molecule has 0 aliphatic heterocycles. The van der Waals surface area contributed by atoms with Gasteiger partial charge in [-0.3, -0.25) is 4.79 Å². The number of rotatable bonds is 2. The van der Waals surface area contributed by atoms with Gasteiger partial charge in [0.15, 0.2) is 17.4 Å². The molecule has 0 spiro atoms. The van der Waals surface area contributed by atoms with Crippen LogP contribution in [-0.4, -0.2) is 15.4 Å². The maximum atomic E-state index is 13.6. The van der Waals surface area contributed by atoms with Crippen molar-refractivity contribution in [1.82, 2.24) is 9.61 Å². The molecule has 1 aromatic carbocycles. The highest BCUT2D eigenvalue weighted by Gasteiger charge is 2.19. The van der Waals surface area contributed by atoms with Crippen molar-refractivity contribution in [2.24, 2.45) is 0 Å². The predicted octanol–water partition coefficient (Wildman–Crippen LogP) is 2.84. The maximum absolute atomic E-state index is 13.6. The fourth-order valence-electron chi connectivity index (χ4n) is 1.93. The van der Waals surface area contributed by atoms with Gasteiger partial charge in [0.25, 0.3) is 0 Å². The number of pyridine rings is 1. The fourth-order valence-corrected chi connectivity index (χ4v) is 1.93. The molecule has 2 aromatic heterocycles. The van der Waals surface area contributed by atoms with Gasteiger partial charge in [-0.1, -0.05) is 12.1 Å². The molecule has 19 heavy (non-hydrogen) atoms. The number of carbonyl (C=O) groups is 1. The van der Waals surface area contributed by atoms with Gasteiger partial charge in [-0.05, 0) is 24.3 Å². The first kappa shape index (κ1) is 11.5. The van der Waals surface area contributed by atoms with Crippen LogP contribution in [0.4, 0.5) is 8.78 Å². The van der Waals surface area contributed by atoms with Gasteiger partial charge in [-0.2, -0.15) is 5.10 Å². The van der Waals surface area contributed by atoms with E-state index < -0.39 is 17.4 Å². The molecule has 0 bridgehead atoms. The standard InChI is InChI=1S/C14H8F2N2O/c15-11-5-3-4-9(13(11)16)14(19)10-8-17-18-7-2-1-6-12(10)18/h1-8H. The van der Waals surface area contributed by atoms with Gasteiger partial charge in [0.2, 0.25) is 0 Å². The van der Waals surface area contributed by atoms with Crippen molar-refractivity contribution in [2.45, 2.75) is 0 Å². The molecule has 0 saturated heterocycles. The smallest absolute Gasteiger partial charge is 0.199 e. The molecule has 0 saturated carbocycles. The first-order chi connectivity index (χ1) is 9.18. The van der Waals surface area contributed by atoms with E-state index in [9.17, 15) is 13.6 Å². The van der Waals surface area contributed by atoms with E-state index >= 15 is 0 Å². The lowest BCUT2D eigenvalue weighted by Gasteiger charge is -2.02. The van der Waals surface area contributed by atoms with Crippen molar-refractivity contribution in [2.75, 3.05) is 0 Å². The zero-order valence-electron chi connectivity index (χ0n) is 9.68. The molecule has 0 aliphatic rings. The van der Waals surface area contributed by atoms with Crippen molar-refractivity contribution in [3.8, 4) is 0 Å². The molecule has 5 heteroatoms. The third-order valence-corrected chi connectivity index (χ3v) is 2.87. The van der Waals surface area contributed by atoms with E-state index in [4.69, 9.17) is 0 Å². The molecule has 0 aliphatic carbocycles. The topological polar surface area (TPSA) is 34.4 Å². The summed E-state index contributed by atoms with van der Waals surface area (Å²) in [4.78, 5) is 12.2. The van der Waals surface area contributed by atoms with Crippen LogP contribution in [0.1, 0.15) is 15.9 Å². The van der Waals surface area contributed by atoms with Gasteiger partial charge < -0.3 is 0 Å². The van der Waals surface area contributed by atoms with Crippen molar-refractivity contribution >= 4 is 11.3 Å². The Morgan fingerprint density at radius 2 is 1.89 bits per heavy atom. The third kappa shape index (κ3) is 1.79. The van der Waals surface area contributed by atoms with Crippen LogP contribution in [0.25, 0.3) is 5.52 Å². The molecular weight excluding hydrogens is 250 g/mol. The molecule has 3 rings (SSSR count). The maximum Gasteiger partial charge on any atom is 0.199 e. The molecule has 2 heterocycles. The van der Waals surface area contributed by atoms with Crippen LogP contribution in [0.15, 0.2) is 48.8 Å². The average Bonchev–Trinajstić information content (AvgIpc) is 2.85. The minimum Gasteiger partial charge on any atom is -0.288 e. The largest absolute Gasteiger partial charge is 0.288 e. The predicted molar refractivity (Wildman–Crippen MR) is 65.0 cm³/mol. The van der Waals surface area contributed by atoms with Gasteiger partial charge >= 0.3 is 0 Å². The number of nitrogens with zero attached hydrogens (tertiary/aromatic N) is 2. The van der Waals surface area contributed by atoms with Crippen LogP contribution in [-0.2, 0) is 0 Å². The number of fused-ring (bicyclic) bond motifs is 1. The van der Waals surface area contributed by atoms with Crippen molar-refractivity contribution in [3.63, 3.8) is 0 Å². The number of benzene rings is 1.